The van der Waals surface area contributed by atoms with Crippen LogP contribution in [0.2, 0.25) is 41.3 Å². The molecule has 0 aliphatic heterocycles. The number of allylic oxidation sites excluding steroid dienone is 1. The SMILES string of the molecule is C#C[C@H](CC/C=C/[C@@H](OCOC)[C@@H](O)CC[C@@H](O[Si](C)(C)C(C)(C)C)[C@@H](CC[C@H](OS(=O)(=O)c1ccc(C)cc1)[C@@H](CCCCCCCCCC)OCOC)O[Si](C)(C)C(C)(C)C)O[Si](c1ccccc1)(c1ccccc1)C(C)(C)C. The summed E-state index contributed by atoms with van der Waals surface area (Å²) in [5, 5.41) is 14.0. The van der Waals surface area contributed by atoms with Crippen molar-refractivity contribution in [3.05, 3.63) is 103 Å². The van der Waals surface area contributed by atoms with Crippen LogP contribution in [0, 0.1) is 19.3 Å². The van der Waals surface area contributed by atoms with Crippen molar-refractivity contribution in [3.63, 3.8) is 0 Å². The van der Waals surface area contributed by atoms with Gasteiger partial charge in [-0.25, -0.2) is 0 Å². The first kappa shape index (κ1) is 72.5. The van der Waals surface area contributed by atoms with E-state index in [2.05, 4.69) is 150 Å². The summed E-state index contributed by atoms with van der Waals surface area (Å²) in [7, 11) is -9.01. The molecule has 0 aromatic heterocycles. The molecule has 1 N–H and O–H groups in total. The van der Waals surface area contributed by atoms with Gasteiger partial charge in [0.2, 0.25) is 0 Å². The predicted octanol–water partition coefficient (Wildman–Crippen LogP) is 15.2. The lowest BCUT2D eigenvalue weighted by molar-refractivity contribution is -0.112. The van der Waals surface area contributed by atoms with Gasteiger partial charge in [0.1, 0.15) is 31.9 Å². The van der Waals surface area contributed by atoms with Gasteiger partial charge in [0, 0.05) is 14.2 Å². The van der Waals surface area contributed by atoms with Crippen LogP contribution in [0.1, 0.15) is 171 Å². The highest BCUT2D eigenvalue weighted by Crippen LogP contribution is 2.43. The molecule has 0 heterocycles. The Morgan fingerprint density at radius 2 is 1.05 bits per heavy atom. The van der Waals surface area contributed by atoms with E-state index < -0.39 is 77.8 Å². The molecule has 458 valence electrons. The van der Waals surface area contributed by atoms with Gasteiger partial charge < -0.3 is 37.3 Å². The standard InChI is InChI=1S/C66H110O11SSi3/c1-19-21-22-23-24-25-26-33-42-60(73-52-71-14)61(74-78(68,69)55-45-43-53(3)44-46-55)49-50-63(77-80(17,18)65(7,8)9)62(76-79(15,16)64(4,5)6)48-47-58(67)59(72-51-70-13)41-35-34-36-54(20-2)75-81(66(10,11)12,56-37-29-27-30-38-56)57-39-31-28-32-40-57/h2,27-32,35,37-41,43-46,54,58-63,67H,19,21-26,33-34,36,42,47-52H2,1,3-18H3/b41-35+/t54-,58+,59-,60-,61+,62-,63-/m1/s1. The van der Waals surface area contributed by atoms with Gasteiger partial charge in [-0.1, -0.05) is 217 Å². The Bertz CT molecular complexity index is 2330. The number of hydrogen-bond acceptors (Lipinski definition) is 11. The second-order valence-electron chi connectivity index (χ2n) is 26.3. The van der Waals surface area contributed by atoms with Crippen molar-refractivity contribution < 1.29 is 49.9 Å². The molecule has 81 heavy (non-hydrogen) atoms. The maximum absolute atomic E-state index is 14.3. The fourth-order valence-electron chi connectivity index (χ4n) is 9.81. The number of aliphatic hydroxyl groups excluding tert-OH is 1. The Kier molecular flexibility index (Phi) is 30.7. The summed E-state index contributed by atoms with van der Waals surface area (Å²) >= 11 is 0. The fraction of sp³-hybridized carbons (Fsp3) is 0.667. The van der Waals surface area contributed by atoms with E-state index >= 15 is 0 Å². The van der Waals surface area contributed by atoms with Crippen LogP contribution < -0.4 is 10.4 Å². The summed E-state index contributed by atoms with van der Waals surface area (Å²) < 4.78 is 80.7. The van der Waals surface area contributed by atoms with Crippen molar-refractivity contribution in [2.75, 3.05) is 27.8 Å². The number of terminal acetylenes is 1. The Balaban J connectivity index is 2.04. The zero-order valence-corrected chi connectivity index (χ0v) is 57.1. The molecule has 11 nitrogen and oxygen atoms in total. The van der Waals surface area contributed by atoms with E-state index in [0.29, 0.717) is 44.9 Å². The molecule has 0 fully saturated rings. The van der Waals surface area contributed by atoms with Gasteiger partial charge in [0.25, 0.3) is 18.4 Å². The highest BCUT2D eigenvalue weighted by molar-refractivity contribution is 7.86. The third kappa shape index (κ3) is 23.2. The molecule has 0 aliphatic rings. The van der Waals surface area contributed by atoms with E-state index in [4.69, 9.17) is 42.8 Å². The van der Waals surface area contributed by atoms with Crippen LogP contribution >= 0.6 is 0 Å². The van der Waals surface area contributed by atoms with Crippen LogP contribution in [0.3, 0.4) is 0 Å². The van der Waals surface area contributed by atoms with Crippen LogP contribution in [-0.4, -0.2) is 109 Å². The van der Waals surface area contributed by atoms with Crippen molar-refractivity contribution in [2.45, 2.75) is 261 Å². The molecule has 0 saturated heterocycles. The average Bonchev–Trinajstić information content (AvgIpc) is 3.61. The van der Waals surface area contributed by atoms with Crippen LogP contribution in [0.5, 0.6) is 0 Å². The van der Waals surface area contributed by atoms with E-state index in [1.807, 2.05) is 31.2 Å². The van der Waals surface area contributed by atoms with Gasteiger partial charge >= 0.3 is 0 Å². The Hall–Kier alpha value is -2.80. The average molecular weight is 1200 g/mol. The van der Waals surface area contributed by atoms with Crippen LogP contribution in [0.25, 0.3) is 0 Å². The summed E-state index contributed by atoms with van der Waals surface area (Å²) in [4.78, 5) is 0.0942. The van der Waals surface area contributed by atoms with Crippen LogP contribution in [0.4, 0.5) is 0 Å². The summed E-state index contributed by atoms with van der Waals surface area (Å²) in [6.45, 7) is 33.2. The number of hydrogen-bond donors (Lipinski definition) is 1. The third-order valence-corrected chi connectivity index (χ3v) is 32.1. The van der Waals surface area contributed by atoms with Crippen molar-refractivity contribution in [3.8, 4) is 12.3 Å². The van der Waals surface area contributed by atoms with Crippen molar-refractivity contribution in [1.29, 1.82) is 0 Å². The fourth-order valence-corrected chi connectivity index (χ4v) is 18.3. The number of rotatable bonds is 39. The van der Waals surface area contributed by atoms with Gasteiger partial charge in [-0.15, -0.1) is 6.42 Å². The van der Waals surface area contributed by atoms with Crippen molar-refractivity contribution >= 4 is 45.4 Å². The lowest BCUT2D eigenvalue weighted by Gasteiger charge is -2.45. The van der Waals surface area contributed by atoms with Gasteiger partial charge in [0.05, 0.1) is 29.3 Å². The molecule has 0 amide bonds. The topological polar surface area (TPSA) is 128 Å². The predicted molar refractivity (Wildman–Crippen MR) is 342 cm³/mol. The Labute approximate surface area is 496 Å². The van der Waals surface area contributed by atoms with E-state index in [1.165, 1.54) is 32.1 Å². The van der Waals surface area contributed by atoms with E-state index in [-0.39, 0.29) is 33.6 Å². The number of ether oxygens (including phenoxy) is 4. The molecular weight excluding hydrogens is 1090 g/mol. The molecular formula is C66H110O11SSi3. The van der Waals surface area contributed by atoms with Crippen molar-refractivity contribution in [2.24, 2.45) is 0 Å². The minimum absolute atomic E-state index is 0.00793. The first-order valence-corrected chi connectivity index (χ1v) is 39.3. The summed E-state index contributed by atoms with van der Waals surface area (Å²) in [5.41, 5.74) is 0.948. The zero-order valence-electron chi connectivity index (χ0n) is 53.3. The molecule has 15 heteroatoms. The van der Waals surface area contributed by atoms with Crippen LogP contribution in [-0.2, 0) is 46.5 Å². The van der Waals surface area contributed by atoms with Gasteiger partial charge in [0.15, 0.2) is 16.6 Å². The largest absolute Gasteiger partial charge is 0.411 e. The molecule has 0 unspecified atom stereocenters. The number of aryl methyl sites for hydroxylation is 1. The minimum Gasteiger partial charge on any atom is -0.411 e. The highest BCUT2D eigenvalue weighted by Gasteiger charge is 2.51. The molecule has 3 aromatic rings. The second-order valence-corrected chi connectivity index (χ2v) is 41.6. The number of benzene rings is 3. The molecule has 7 atom stereocenters. The maximum Gasteiger partial charge on any atom is 0.297 e. The van der Waals surface area contributed by atoms with Gasteiger partial charge in [-0.05, 0) is 116 Å². The molecule has 3 rings (SSSR count). The van der Waals surface area contributed by atoms with Crippen LogP contribution in [0.15, 0.2) is 102 Å². The van der Waals surface area contributed by atoms with Gasteiger partial charge in [-0.2, -0.15) is 8.42 Å². The zero-order chi connectivity index (χ0) is 60.5. The third-order valence-electron chi connectivity index (χ3n) is 16.7. The number of methoxy groups -OCH3 is 2. The molecule has 0 spiro atoms. The number of aliphatic hydroxyl groups is 1. The normalized spacial score (nSPS) is 16.0. The van der Waals surface area contributed by atoms with E-state index in [0.717, 1.165) is 35.2 Å². The monoisotopic (exact) mass is 1190 g/mol. The Morgan fingerprint density at radius 1 is 0.580 bits per heavy atom. The molecule has 0 aliphatic carbocycles. The lowest BCUT2D eigenvalue weighted by atomic mass is 9.96. The summed E-state index contributed by atoms with van der Waals surface area (Å²) in [6, 6.07) is 27.8. The molecule has 0 radical (unpaired) electrons. The first-order chi connectivity index (χ1) is 38.0. The van der Waals surface area contributed by atoms with Crippen molar-refractivity contribution in [1.82, 2.24) is 0 Å². The Morgan fingerprint density at radius 3 is 1.52 bits per heavy atom. The quantitative estimate of drug-likeness (QED) is 0.0146. The highest BCUT2D eigenvalue weighted by atomic mass is 32.2. The van der Waals surface area contributed by atoms with E-state index in [9.17, 15) is 13.5 Å². The smallest absolute Gasteiger partial charge is 0.297 e. The summed E-state index contributed by atoms with van der Waals surface area (Å²) in [5.74, 6) is 2.99. The second kappa shape index (κ2) is 34.4. The molecule has 0 saturated carbocycles. The van der Waals surface area contributed by atoms with E-state index in [1.54, 1.807) is 38.5 Å². The molecule has 3 aromatic carbocycles. The minimum atomic E-state index is -4.22. The lowest BCUT2D eigenvalue weighted by Crippen LogP contribution is -2.67. The first-order valence-electron chi connectivity index (χ1n) is 30.2. The van der Waals surface area contributed by atoms with Gasteiger partial charge in [-0.3, -0.25) is 4.18 Å². The molecule has 0 bridgehead atoms. The summed E-state index contributed by atoms with van der Waals surface area (Å²) in [6.07, 6.45) is 18.0. The number of unbranched alkanes of at least 4 members (excludes halogenated alkanes) is 7. The maximum atomic E-state index is 14.3.